The minimum Gasteiger partial charge on any atom is -0.258 e. The maximum atomic E-state index is 10.4. The molecule has 0 heterocycles. The predicted octanol–water partition coefficient (Wildman–Crippen LogP) is 4.15. The fourth-order valence-corrected chi connectivity index (χ4v) is 1.66. The van der Waals surface area contributed by atoms with Gasteiger partial charge in [-0.3, -0.25) is 20.2 Å². The van der Waals surface area contributed by atoms with Crippen molar-refractivity contribution >= 4 is 23.0 Å². The molecule has 0 fully saturated rings. The molecule has 2 aromatic rings. The van der Waals surface area contributed by atoms with Crippen molar-refractivity contribution in [3.63, 3.8) is 0 Å². The molecule has 0 unspecified atom stereocenters. The highest BCUT2D eigenvalue weighted by Crippen LogP contribution is 2.31. The summed E-state index contributed by atoms with van der Waals surface area (Å²) >= 11 is 5.54. The number of hydrogen-bond acceptors (Lipinski definition) is 4. The molecule has 0 radical (unpaired) electrons. The van der Waals surface area contributed by atoms with Gasteiger partial charge in [0.1, 0.15) is 5.02 Å². The van der Waals surface area contributed by atoms with Gasteiger partial charge in [0, 0.05) is 5.56 Å². The summed E-state index contributed by atoms with van der Waals surface area (Å²) in [6, 6.07) is 14.1. The minimum absolute atomic E-state index is 0.0990. The largest absolute Gasteiger partial charge is 0.294 e. The Morgan fingerprint density at radius 3 is 1.60 bits per heavy atom. The predicted molar refractivity (Wildman–Crippen MR) is 75.9 cm³/mol. The number of nitro groups is 2. The topological polar surface area (TPSA) is 86.3 Å². The smallest absolute Gasteiger partial charge is 0.258 e. The number of halogens is 1. The van der Waals surface area contributed by atoms with Crippen LogP contribution < -0.4 is 0 Å². The summed E-state index contributed by atoms with van der Waals surface area (Å²) in [6.45, 7) is 1.47. The first-order valence-corrected chi connectivity index (χ1v) is 5.90. The lowest BCUT2D eigenvalue weighted by Crippen LogP contribution is -1.95. The van der Waals surface area contributed by atoms with E-state index in [0.717, 1.165) is 6.07 Å². The fourth-order valence-electron chi connectivity index (χ4n) is 1.37. The number of benzene rings is 2. The van der Waals surface area contributed by atoms with Crippen LogP contribution in [0, 0.1) is 27.2 Å². The van der Waals surface area contributed by atoms with E-state index < -0.39 is 15.5 Å². The van der Waals surface area contributed by atoms with Crippen molar-refractivity contribution in [2.24, 2.45) is 0 Å². The van der Waals surface area contributed by atoms with Gasteiger partial charge in [-0.05, 0) is 13.0 Å². The van der Waals surface area contributed by atoms with Crippen LogP contribution in [-0.2, 0) is 0 Å². The first kappa shape index (κ1) is 15.6. The number of rotatable bonds is 2. The highest BCUT2D eigenvalue weighted by molar-refractivity contribution is 6.32. The van der Waals surface area contributed by atoms with E-state index in [1.807, 2.05) is 36.4 Å². The van der Waals surface area contributed by atoms with Crippen LogP contribution in [0.15, 0.2) is 48.5 Å². The SMILES string of the molecule is Cc1cc(Cl)c([N+](=O)[O-])cc1[N+](=O)[O-].c1ccccc1. The molecule has 0 spiro atoms. The van der Waals surface area contributed by atoms with Crippen molar-refractivity contribution in [1.82, 2.24) is 0 Å². The Kier molecular flexibility index (Phi) is 5.61. The molecule has 0 aromatic heterocycles. The third-order valence-corrected chi connectivity index (χ3v) is 2.63. The Morgan fingerprint density at radius 2 is 1.25 bits per heavy atom. The van der Waals surface area contributed by atoms with Crippen molar-refractivity contribution < 1.29 is 9.85 Å². The molecule has 0 aliphatic heterocycles. The average molecular weight is 295 g/mol. The molecule has 0 aliphatic carbocycles. The van der Waals surface area contributed by atoms with E-state index in [9.17, 15) is 20.2 Å². The van der Waals surface area contributed by atoms with Crippen molar-refractivity contribution in [3.05, 3.63) is 79.3 Å². The standard InChI is InChI=1S/C7H5ClN2O4.C6H6/c1-4-2-5(8)7(10(13)14)3-6(4)9(11)12;1-2-4-6-5-3-1/h2-3H,1H3;1-6H. The molecule has 0 bridgehead atoms. The van der Waals surface area contributed by atoms with E-state index in [0.29, 0.717) is 5.56 Å². The van der Waals surface area contributed by atoms with Crippen molar-refractivity contribution in [1.29, 1.82) is 0 Å². The van der Waals surface area contributed by atoms with Crippen LogP contribution in [-0.4, -0.2) is 9.85 Å². The van der Waals surface area contributed by atoms with E-state index in [4.69, 9.17) is 11.6 Å². The van der Waals surface area contributed by atoms with Gasteiger partial charge in [0.05, 0.1) is 15.9 Å². The van der Waals surface area contributed by atoms with Crippen molar-refractivity contribution in [3.8, 4) is 0 Å². The number of hydrogen-bond donors (Lipinski definition) is 0. The Labute approximate surface area is 119 Å². The highest BCUT2D eigenvalue weighted by atomic mass is 35.5. The van der Waals surface area contributed by atoms with Gasteiger partial charge in [0.2, 0.25) is 0 Å². The van der Waals surface area contributed by atoms with Gasteiger partial charge in [-0.2, -0.15) is 0 Å². The number of aryl methyl sites for hydroxylation is 1. The monoisotopic (exact) mass is 294 g/mol. The normalized spacial score (nSPS) is 9.30. The molecule has 7 heteroatoms. The van der Waals surface area contributed by atoms with Crippen LogP contribution in [0.25, 0.3) is 0 Å². The second-order valence-corrected chi connectivity index (χ2v) is 4.17. The zero-order chi connectivity index (χ0) is 15.1. The quantitative estimate of drug-likeness (QED) is 0.615. The molecule has 0 amide bonds. The Bertz CT molecular complexity index is 555. The summed E-state index contributed by atoms with van der Waals surface area (Å²) in [7, 11) is 0. The zero-order valence-corrected chi connectivity index (χ0v) is 11.3. The van der Waals surface area contributed by atoms with E-state index in [1.54, 1.807) is 0 Å². The fraction of sp³-hybridized carbons (Fsp3) is 0.0769. The molecule has 6 nitrogen and oxygen atoms in total. The van der Waals surface area contributed by atoms with Crippen LogP contribution in [0.3, 0.4) is 0 Å². The lowest BCUT2D eigenvalue weighted by atomic mass is 10.2. The van der Waals surface area contributed by atoms with Gasteiger partial charge < -0.3 is 0 Å². The molecular formula is C13H11ClN2O4. The van der Waals surface area contributed by atoms with E-state index in [-0.39, 0.29) is 10.7 Å². The lowest BCUT2D eigenvalue weighted by Gasteiger charge is -1.98. The van der Waals surface area contributed by atoms with Crippen molar-refractivity contribution in [2.75, 3.05) is 0 Å². The first-order valence-electron chi connectivity index (χ1n) is 5.52. The molecule has 0 aliphatic rings. The third-order valence-electron chi connectivity index (χ3n) is 2.33. The van der Waals surface area contributed by atoms with Crippen LogP contribution in [0.4, 0.5) is 11.4 Å². The molecule has 0 saturated heterocycles. The molecule has 2 aromatic carbocycles. The van der Waals surface area contributed by atoms with E-state index in [1.165, 1.54) is 13.0 Å². The first-order chi connectivity index (χ1) is 9.43. The molecule has 20 heavy (non-hydrogen) atoms. The van der Waals surface area contributed by atoms with Crippen LogP contribution in [0.5, 0.6) is 0 Å². The van der Waals surface area contributed by atoms with Gasteiger partial charge >= 0.3 is 0 Å². The maximum Gasteiger partial charge on any atom is 0.294 e. The van der Waals surface area contributed by atoms with E-state index >= 15 is 0 Å². The van der Waals surface area contributed by atoms with E-state index in [2.05, 4.69) is 0 Å². The van der Waals surface area contributed by atoms with Gasteiger partial charge in [-0.15, -0.1) is 0 Å². The molecule has 0 N–H and O–H groups in total. The molecule has 0 saturated carbocycles. The molecular weight excluding hydrogens is 284 g/mol. The number of nitro benzene ring substituents is 2. The number of nitrogens with zero attached hydrogens (tertiary/aromatic N) is 2. The van der Waals surface area contributed by atoms with Crippen LogP contribution in [0.2, 0.25) is 5.02 Å². The summed E-state index contributed by atoms with van der Waals surface area (Å²) < 4.78 is 0. The minimum atomic E-state index is -0.755. The van der Waals surface area contributed by atoms with Gasteiger partial charge in [0.15, 0.2) is 0 Å². The lowest BCUT2D eigenvalue weighted by molar-refractivity contribution is -0.394. The highest BCUT2D eigenvalue weighted by Gasteiger charge is 2.20. The van der Waals surface area contributed by atoms with Crippen LogP contribution >= 0.6 is 11.6 Å². The zero-order valence-electron chi connectivity index (χ0n) is 10.5. The Hall–Kier alpha value is -2.47. The maximum absolute atomic E-state index is 10.4. The summed E-state index contributed by atoms with van der Waals surface area (Å²) in [5.41, 5.74) is -0.462. The van der Waals surface area contributed by atoms with Gasteiger partial charge in [-0.1, -0.05) is 48.0 Å². The van der Waals surface area contributed by atoms with Gasteiger partial charge in [0.25, 0.3) is 11.4 Å². The molecule has 0 atom stereocenters. The second kappa shape index (κ2) is 7.20. The summed E-state index contributed by atoms with van der Waals surface area (Å²) in [4.78, 5) is 19.4. The van der Waals surface area contributed by atoms with Crippen molar-refractivity contribution in [2.45, 2.75) is 6.92 Å². The third kappa shape index (κ3) is 4.33. The Morgan fingerprint density at radius 1 is 0.850 bits per heavy atom. The molecule has 2 rings (SSSR count). The summed E-state index contributed by atoms with van der Waals surface area (Å²) in [6.07, 6.45) is 0. The van der Waals surface area contributed by atoms with Gasteiger partial charge in [-0.25, -0.2) is 0 Å². The Balaban J connectivity index is 0.000000276. The second-order valence-electron chi connectivity index (χ2n) is 3.76. The summed E-state index contributed by atoms with van der Waals surface area (Å²) in [5.74, 6) is 0. The molecule has 104 valence electrons. The summed E-state index contributed by atoms with van der Waals surface area (Å²) in [5, 5.41) is 20.8. The average Bonchev–Trinajstić information content (AvgIpc) is 2.40. The van der Waals surface area contributed by atoms with Crippen LogP contribution in [0.1, 0.15) is 5.56 Å².